The third-order valence-electron chi connectivity index (χ3n) is 3.69. The molecule has 1 fully saturated rings. The molecule has 1 heterocycles. The van der Waals surface area contributed by atoms with E-state index in [1.165, 1.54) is 0 Å². The van der Waals surface area contributed by atoms with E-state index in [4.69, 9.17) is 0 Å². The van der Waals surface area contributed by atoms with Gasteiger partial charge in [0.25, 0.3) is 0 Å². The van der Waals surface area contributed by atoms with Crippen molar-refractivity contribution in [1.29, 1.82) is 0 Å². The van der Waals surface area contributed by atoms with E-state index in [1.807, 2.05) is 16.7 Å². The molecule has 0 aromatic heterocycles. The number of aliphatic hydroxyl groups is 1. The number of rotatable bonds is 5. The molecule has 0 bridgehead atoms. The van der Waals surface area contributed by atoms with Crippen LogP contribution in [0.4, 0.5) is 4.79 Å². The highest BCUT2D eigenvalue weighted by molar-refractivity contribution is 8.00. The van der Waals surface area contributed by atoms with Crippen LogP contribution in [0.5, 0.6) is 0 Å². The molecule has 20 heavy (non-hydrogen) atoms. The molecule has 2 unspecified atom stereocenters. The van der Waals surface area contributed by atoms with Crippen LogP contribution in [0.2, 0.25) is 0 Å². The monoisotopic (exact) mass is 302 g/mol. The summed E-state index contributed by atoms with van der Waals surface area (Å²) in [6, 6.07) is 0.0367. The first kappa shape index (κ1) is 17.6. The van der Waals surface area contributed by atoms with Crippen molar-refractivity contribution in [2.45, 2.75) is 52.4 Å². The first-order chi connectivity index (χ1) is 9.21. The lowest BCUT2D eigenvalue weighted by Crippen LogP contribution is -2.49. The molecular formula is C15H30N2O2S. The van der Waals surface area contributed by atoms with Gasteiger partial charge in [-0.2, -0.15) is 11.8 Å². The Labute approximate surface area is 127 Å². The average molecular weight is 302 g/mol. The summed E-state index contributed by atoms with van der Waals surface area (Å²) in [7, 11) is 0. The van der Waals surface area contributed by atoms with Crippen LogP contribution in [-0.4, -0.2) is 52.8 Å². The van der Waals surface area contributed by atoms with Gasteiger partial charge >= 0.3 is 6.03 Å². The Morgan fingerprint density at radius 3 is 2.65 bits per heavy atom. The predicted octanol–water partition coefficient (Wildman–Crippen LogP) is 2.57. The zero-order valence-electron chi connectivity index (χ0n) is 13.5. The summed E-state index contributed by atoms with van der Waals surface area (Å²) in [4.78, 5) is 14.2. The van der Waals surface area contributed by atoms with Gasteiger partial charge in [-0.05, 0) is 24.7 Å². The van der Waals surface area contributed by atoms with Crippen LogP contribution < -0.4 is 5.32 Å². The Balaban J connectivity index is 2.42. The molecule has 4 nitrogen and oxygen atoms in total. The van der Waals surface area contributed by atoms with Gasteiger partial charge in [-0.25, -0.2) is 4.79 Å². The van der Waals surface area contributed by atoms with Gasteiger partial charge in [0.15, 0.2) is 0 Å². The standard InChI is InChI=1S/C15H30N2O2S/c1-11(2)13-9-17(6-7-20-13)14(19)16-10-15(4,5)8-12(3)18/h11-13,18H,6-10H2,1-5H3,(H,16,19). The summed E-state index contributed by atoms with van der Waals surface area (Å²) in [5.41, 5.74) is -0.0776. The van der Waals surface area contributed by atoms with Gasteiger partial charge in [0.1, 0.15) is 0 Å². The van der Waals surface area contributed by atoms with Crippen LogP contribution in [-0.2, 0) is 0 Å². The summed E-state index contributed by atoms with van der Waals surface area (Å²) in [5.74, 6) is 1.62. The van der Waals surface area contributed by atoms with Crippen LogP contribution >= 0.6 is 11.8 Å². The van der Waals surface area contributed by atoms with Gasteiger partial charge in [0, 0.05) is 30.6 Å². The molecule has 2 atom stereocenters. The normalized spacial score (nSPS) is 21.9. The fraction of sp³-hybridized carbons (Fsp3) is 0.933. The van der Waals surface area contributed by atoms with Crippen molar-refractivity contribution in [3.05, 3.63) is 0 Å². The maximum absolute atomic E-state index is 12.2. The molecular weight excluding hydrogens is 272 g/mol. The molecule has 118 valence electrons. The summed E-state index contributed by atoms with van der Waals surface area (Å²) in [5, 5.41) is 13.0. The number of hydrogen-bond donors (Lipinski definition) is 2. The van der Waals surface area contributed by atoms with Gasteiger partial charge in [-0.1, -0.05) is 27.7 Å². The highest BCUT2D eigenvalue weighted by Crippen LogP contribution is 2.25. The van der Waals surface area contributed by atoms with E-state index in [2.05, 4.69) is 33.0 Å². The number of aliphatic hydroxyl groups excluding tert-OH is 1. The molecule has 2 amide bonds. The Kier molecular flexibility index (Phi) is 6.65. The summed E-state index contributed by atoms with van der Waals surface area (Å²) >= 11 is 1.97. The number of carbonyl (C=O) groups is 1. The van der Waals surface area contributed by atoms with Crippen LogP contribution in [0.25, 0.3) is 0 Å². The topological polar surface area (TPSA) is 52.6 Å². The largest absolute Gasteiger partial charge is 0.393 e. The van der Waals surface area contributed by atoms with Crippen molar-refractivity contribution in [2.24, 2.45) is 11.3 Å². The number of nitrogens with one attached hydrogen (secondary N) is 1. The van der Waals surface area contributed by atoms with Gasteiger partial charge < -0.3 is 15.3 Å². The second-order valence-corrected chi connectivity index (χ2v) is 8.32. The molecule has 0 aromatic rings. The number of carbonyl (C=O) groups excluding carboxylic acids is 1. The number of urea groups is 1. The molecule has 0 aliphatic carbocycles. The number of thioether (sulfide) groups is 1. The summed E-state index contributed by atoms with van der Waals surface area (Å²) < 4.78 is 0. The maximum atomic E-state index is 12.2. The molecule has 0 saturated carbocycles. The highest BCUT2D eigenvalue weighted by Gasteiger charge is 2.27. The summed E-state index contributed by atoms with van der Waals surface area (Å²) in [6.45, 7) is 12.6. The fourth-order valence-corrected chi connectivity index (χ4v) is 3.86. The molecule has 1 aliphatic heterocycles. The first-order valence-electron chi connectivity index (χ1n) is 7.54. The van der Waals surface area contributed by atoms with Crippen molar-refractivity contribution in [1.82, 2.24) is 10.2 Å². The van der Waals surface area contributed by atoms with Gasteiger partial charge in [-0.15, -0.1) is 0 Å². The molecule has 1 aliphatic rings. The lowest BCUT2D eigenvalue weighted by Gasteiger charge is -2.35. The van der Waals surface area contributed by atoms with E-state index < -0.39 is 0 Å². The zero-order chi connectivity index (χ0) is 15.3. The predicted molar refractivity (Wildman–Crippen MR) is 86.1 cm³/mol. The molecule has 2 N–H and O–H groups in total. The SMILES string of the molecule is CC(O)CC(C)(C)CNC(=O)N1CCSC(C(C)C)C1. The molecule has 0 radical (unpaired) electrons. The average Bonchev–Trinajstić information content (AvgIpc) is 2.34. The quantitative estimate of drug-likeness (QED) is 0.820. The molecule has 1 rings (SSSR count). The molecule has 5 heteroatoms. The third kappa shape index (κ3) is 5.92. The van der Waals surface area contributed by atoms with Crippen LogP contribution in [0.15, 0.2) is 0 Å². The molecule has 1 saturated heterocycles. The van der Waals surface area contributed by atoms with Crippen LogP contribution in [0.1, 0.15) is 41.0 Å². The van der Waals surface area contributed by atoms with Gasteiger partial charge in [0.2, 0.25) is 0 Å². The Morgan fingerprint density at radius 1 is 1.45 bits per heavy atom. The highest BCUT2D eigenvalue weighted by atomic mass is 32.2. The van der Waals surface area contributed by atoms with E-state index in [-0.39, 0.29) is 17.6 Å². The van der Waals surface area contributed by atoms with E-state index in [0.717, 1.165) is 18.8 Å². The first-order valence-corrected chi connectivity index (χ1v) is 8.58. The van der Waals surface area contributed by atoms with Crippen molar-refractivity contribution in [2.75, 3.05) is 25.4 Å². The lowest BCUT2D eigenvalue weighted by atomic mass is 9.87. The van der Waals surface area contributed by atoms with Crippen molar-refractivity contribution < 1.29 is 9.90 Å². The van der Waals surface area contributed by atoms with E-state index >= 15 is 0 Å². The zero-order valence-corrected chi connectivity index (χ0v) is 14.3. The second kappa shape index (κ2) is 7.55. The third-order valence-corrected chi connectivity index (χ3v) is 5.23. The van der Waals surface area contributed by atoms with Crippen LogP contribution in [0.3, 0.4) is 0 Å². The van der Waals surface area contributed by atoms with Crippen molar-refractivity contribution in [3.63, 3.8) is 0 Å². The Bertz CT molecular complexity index is 319. The maximum Gasteiger partial charge on any atom is 0.317 e. The Morgan fingerprint density at radius 2 is 2.10 bits per heavy atom. The minimum atomic E-state index is -0.335. The van der Waals surface area contributed by atoms with Crippen LogP contribution in [0, 0.1) is 11.3 Å². The lowest BCUT2D eigenvalue weighted by molar-refractivity contribution is 0.126. The van der Waals surface area contributed by atoms with E-state index in [9.17, 15) is 9.90 Å². The number of hydrogen-bond acceptors (Lipinski definition) is 3. The number of amides is 2. The Hall–Kier alpha value is -0.420. The van der Waals surface area contributed by atoms with E-state index in [1.54, 1.807) is 6.92 Å². The van der Waals surface area contributed by atoms with Crippen molar-refractivity contribution in [3.8, 4) is 0 Å². The summed E-state index contributed by atoms with van der Waals surface area (Å²) in [6.07, 6.45) is 0.358. The smallest absolute Gasteiger partial charge is 0.317 e. The van der Waals surface area contributed by atoms with E-state index in [0.29, 0.717) is 24.1 Å². The minimum Gasteiger partial charge on any atom is -0.393 e. The van der Waals surface area contributed by atoms with Gasteiger partial charge in [0.05, 0.1) is 6.10 Å². The number of nitrogens with zero attached hydrogens (tertiary/aromatic N) is 1. The molecule has 0 aromatic carbocycles. The second-order valence-electron chi connectivity index (χ2n) is 6.98. The fourth-order valence-electron chi connectivity index (χ4n) is 2.56. The van der Waals surface area contributed by atoms with Gasteiger partial charge in [-0.3, -0.25) is 0 Å². The minimum absolute atomic E-state index is 0.0367. The van der Waals surface area contributed by atoms with Crippen molar-refractivity contribution >= 4 is 17.8 Å². The molecule has 0 spiro atoms.